The third-order valence-corrected chi connectivity index (χ3v) is 5.33. The van der Waals surface area contributed by atoms with Crippen LogP contribution in [-0.2, 0) is 5.75 Å². The van der Waals surface area contributed by atoms with E-state index >= 15 is 0 Å². The number of benzene rings is 2. The molecule has 0 aliphatic carbocycles. The highest BCUT2D eigenvalue weighted by molar-refractivity contribution is 7.98. The van der Waals surface area contributed by atoms with E-state index in [1.165, 1.54) is 18.1 Å². The number of nitrogens with zero attached hydrogens (tertiary/aromatic N) is 4. The van der Waals surface area contributed by atoms with Gasteiger partial charge in [-0.05, 0) is 24.3 Å². The third kappa shape index (κ3) is 2.94. The van der Waals surface area contributed by atoms with Gasteiger partial charge in [0.25, 0.3) is 0 Å². The Morgan fingerprint density at radius 3 is 2.78 bits per heavy atom. The molecule has 8 heteroatoms. The van der Waals surface area contributed by atoms with Crippen molar-refractivity contribution >= 4 is 45.4 Å². The van der Waals surface area contributed by atoms with Gasteiger partial charge in [-0.3, -0.25) is 0 Å². The van der Waals surface area contributed by atoms with Crippen molar-refractivity contribution in [3.63, 3.8) is 0 Å². The van der Waals surface area contributed by atoms with Crippen molar-refractivity contribution in [2.75, 3.05) is 0 Å². The summed E-state index contributed by atoms with van der Waals surface area (Å²) in [7, 11) is 0. The van der Waals surface area contributed by atoms with E-state index in [1.54, 1.807) is 6.07 Å². The predicted molar refractivity (Wildman–Crippen MR) is 104 cm³/mol. The first-order chi connectivity index (χ1) is 13.3. The molecule has 5 aromatic rings. The highest BCUT2D eigenvalue weighted by atomic mass is 35.5. The topological polar surface area (TPSA) is 77.8 Å². The average molecular weight is 395 g/mol. The van der Waals surface area contributed by atoms with E-state index < -0.39 is 0 Å². The molecule has 5 rings (SSSR count). The van der Waals surface area contributed by atoms with Gasteiger partial charge in [0.15, 0.2) is 5.58 Å². The standard InChI is InChI=1S/C19H11ClN4O2S/c20-13-7-3-1-5-11(13)18-23-15(26-24-18)9-27-19-17-16(21-10-22-19)12-6-2-4-8-14(12)25-17/h1-8,10H,9H2. The number of hydrogen-bond donors (Lipinski definition) is 0. The molecular weight excluding hydrogens is 384 g/mol. The monoisotopic (exact) mass is 394 g/mol. The fraction of sp³-hybridized carbons (Fsp3) is 0.0526. The Kier molecular flexibility index (Phi) is 4.03. The maximum atomic E-state index is 6.19. The van der Waals surface area contributed by atoms with Gasteiger partial charge in [-0.2, -0.15) is 4.98 Å². The second kappa shape index (κ2) is 6.68. The lowest BCUT2D eigenvalue weighted by Crippen LogP contribution is -1.87. The molecule has 0 saturated carbocycles. The van der Waals surface area contributed by atoms with Crippen molar-refractivity contribution in [3.05, 3.63) is 65.8 Å². The van der Waals surface area contributed by atoms with Crippen LogP contribution >= 0.6 is 23.4 Å². The molecule has 0 saturated heterocycles. The molecule has 0 aliphatic rings. The van der Waals surface area contributed by atoms with Gasteiger partial charge in [-0.1, -0.05) is 52.8 Å². The van der Waals surface area contributed by atoms with E-state index in [-0.39, 0.29) is 0 Å². The highest BCUT2D eigenvalue weighted by Gasteiger charge is 2.16. The van der Waals surface area contributed by atoms with Gasteiger partial charge < -0.3 is 8.94 Å². The maximum Gasteiger partial charge on any atom is 0.237 e. The summed E-state index contributed by atoms with van der Waals surface area (Å²) >= 11 is 7.65. The molecule has 3 aromatic heterocycles. The Balaban J connectivity index is 1.43. The molecule has 0 N–H and O–H groups in total. The largest absolute Gasteiger partial charge is 0.451 e. The highest BCUT2D eigenvalue weighted by Crippen LogP contribution is 2.34. The first-order valence-electron chi connectivity index (χ1n) is 8.12. The Morgan fingerprint density at radius 1 is 1.00 bits per heavy atom. The molecule has 0 amide bonds. The SMILES string of the molecule is Clc1ccccc1-c1noc(CSc2ncnc3c2oc2ccccc23)n1. The zero-order chi connectivity index (χ0) is 18.2. The van der Waals surface area contributed by atoms with Crippen LogP contribution in [0.2, 0.25) is 5.02 Å². The predicted octanol–water partition coefficient (Wildman–Crippen LogP) is 5.37. The number of halogens is 1. The summed E-state index contributed by atoms with van der Waals surface area (Å²) in [6.07, 6.45) is 1.54. The molecule has 0 aliphatic heterocycles. The summed E-state index contributed by atoms with van der Waals surface area (Å²) in [4.78, 5) is 13.1. The van der Waals surface area contributed by atoms with Crippen LogP contribution in [0.15, 0.2) is 68.8 Å². The van der Waals surface area contributed by atoms with E-state index in [9.17, 15) is 0 Å². The number of rotatable bonds is 4. The van der Waals surface area contributed by atoms with Gasteiger partial charge in [0.05, 0.1) is 10.8 Å². The molecule has 0 bridgehead atoms. The van der Waals surface area contributed by atoms with Crippen LogP contribution in [0.3, 0.4) is 0 Å². The molecule has 2 aromatic carbocycles. The second-order valence-electron chi connectivity index (χ2n) is 5.74. The smallest absolute Gasteiger partial charge is 0.237 e. The van der Waals surface area contributed by atoms with Crippen molar-refractivity contribution in [2.24, 2.45) is 0 Å². The van der Waals surface area contributed by atoms with Crippen LogP contribution in [0, 0.1) is 0 Å². The summed E-state index contributed by atoms with van der Waals surface area (Å²) in [5, 5.41) is 6.30. The van der Waals surface area contributed by atoms with Gasteiger partial charge in [-0.15, -0.1) is 0 Å². The molecule has 0 atom stereocenters. The molecule has 27 heavy (non-hydrogen) atoms. The number of hydrogen-bond acceptors (Lipinski definition) is 7. The van der Waals surface area contributed by atoms with E-state index in [4.69, 9.17) is 20.5 Å². The second-order valence-corrected chi connectivity index (χ2v) is 7.11. The molecule has 0 fully saturated rings. The van der Waals surface area contributed by atoms with Crippen LogP contribution in [-0.4, -0.2) is 20.1 Å². The number of thioether (sulfide) groups is 1. The van der Waals surface area contributed by atoms with Gasteiger partial charge in [0.2, 0.25) is 11.7 Å². The lowest BCUT2D eigenvalue weighted by atomic mass is 10.2. The fourth-order valence-electron chi connectivity index (χ4n) is 2.80. The summed E-state index contributed by atoms with van der Waals surface area (Å²) in [6.45, 7) is 0. The molecule has 3 heterocycles. The molecule has 0 spiro atoms. The van der Waals surface area contributed by atoms with Gasteiger partial charge in [-0.25, -0.2) is 9.97 Å². The van der Waals surface area contributed by atoms with Crippen LogP contribution in [0.1, 0.15) is 5.89 Å². The van der Waals surface area contributed by atoms with E-state index in [2.05, 4.69) is 20.1 Å². The minimum absolute atomic E-state index is 0.459. The number of para-hydroxylation sites is 1. The van der Waals surface area contributed by atoms with Crippen molar-refractivity contribution in [3.8, 4) is 11.4 Å². The minimum atomic E-state index is 0.459. The number of fused-ring (bicyclic) bond motifs is 3. The lowest BCUT2D eigenvalue weighted by molar-refractivity contribution is 0.391. The zero-order valence-corrected chi connectivity index (χ0v) is 15.4. The first-order valence-corrected chi connectivity index (χ1v) is 9.48. The Bertz CT molecular complexity index is 1270. The quantitative estimate of drug-likeness (QED) is 0.299. The van der Waals surface area contributed by atoms with E-state index in [0.29, 0.717) is 28.1 Å². The van der Waals surface area contributed by atoms with Crippen molar-refractivity contribution in [2.45, 2.75) is 10.8 Å². The Labute approximate surface area is 162 Å². The summed E-state index contributed by atoms with van der Waals surface area (Å²) in [5.74, 6) is 1.41. The van der Waals surface area contributed by atoms with Crippen LogP contribution in [0.5, 0.6) is 0 Å². The number of aromatic nitrogens is 4. The zero-order valence-electron chi connectivity index (χ0n) is 13.8. The van der Waals surface area contributed by atoms with Gasteiger partial charge in [0.1, 0.15) is 22.5 Å². The molecule has 0 unspecified atom stereocenters. The van der Waals surface area contributed by atoms with Crippen LogP contribution < -0.4 is 0 Å². The Morgan fingerprint density at radius 2 is 1.85 bits per heavy atom. The molecule has 0 radical (unpaired) electrons. The summed E-state index contributed by atoms with van der Waals surface area (Å²) in [6, 6.07) is 15.2. The van der Waals surface area contributed by atoms with Gasteiger partial charge in [0, 0.05) is 10.9 Å². The van der Waals surface area contributed by atoms with Crippen LogP contribution in [0.25, 0.3) is 33.5 Å². The van der Waals surface area contributed by atoms with Gasteiger partial charge >= 0.3 is 0 Å². The van der Waals surface area contributed by atoms with Crippen molar-refractivity contribution in [1.82, 2.24) is 20.1 Å². The molecular formula is C19H11ClN4O2S. The minimum Gasteiger partial charge on any atom is -0.451 e. The van der Waals surface area contributed by atoms with Crippen molar-refractivity contribution in [1.29, 1.82) is 0 Å². The van der Waals surface area contributed by atoms with E-state index in [1.807, 2.05) is 42.5 Å². The summed E-state index contributed by atoms with van der Waals surface area (Å²) < 4.78 is 11.3. The molecule has 132 valence electrons. The first kappa shape index (κ1) is 16.3. The third-order valence-electron chi connectivity index (χ3n) is 4.04. The fourth-order valence-corrected chi connectivity index (χ4v) is 3.79. The molecule has 6 nitrogen and oxygen atoms in total. The summed E-state index contributed by atoms with van der Waals surface area (Å²) in [5.41, 5.74) is 2.98. The lowest BCUT2D eigenvalue weighted by Gasteiger charge is -1.98. The maximum absolute atomic E-state index is 6.19. The van der Waals surface area contributed by atoms with E-state index in [0.717, 1.165) is 27.1 Å². The number of furan rings is 1. The van der Waals surface area contributed by atoms with Crippen LogP contribution in [0.4, 0.5) is 0 Å². The van der Waals surface area contributed by atoms with Crippen molar-refractivity contribution < 1.29 is 8.94 Å². The Hall–Kier alpha value is -2.90. The normalized spacial score (nSPS) is 11.4. The average Bonchev–Trinajstić information content (AvgIpc) is 3.31.